The summed E-state index contributed by atoms with van der Waals surface area (Å²) >= 11 is 0. The molecule has 3 nitrogen and oxygen atoms in total. The van der Waals surface area contributed by atoms with Gasteiger partial charge in [0.15, 0.2) is 5.69 Å². The van der Waals surface area contributed by atoms with Crippen LogP contribution in [0.3, 0.4) is 0 Å². The molecule has 1 aromatic heterocycles. The number of pyridine rings is 1. The van der Waals surface area contributed by atoms with Crippen molar-refractivity contribution in [2.24, 2.45) is 0 Å². The number of hydrogen-bond donors (Lipinski definition) is 0. The van der Waals surface area contributed by atoms with Gasteiger partial charge in [0.25, 0.3) is 0 Å². The molecule has 0 saturated heterocycles. The highest BCUT2D eigenvalue weighted by atomic mass is 16.5. The van der Waals surface area contributed by atoms with E-state index in [2.05, 4.69) is 6.07 Å². The fourth-order valence-electron chi connectivity index (χ4n) is 2.25. The van der Waals surface area contributed by atoms with Crippen molar-refractivity contribution in [3.8, 4) is 5.75 Å². The van der Waals surface area contributed by atoms with Crippen molar-refractivity contribution in [3.05, 3.63) is 77.1 Å². The minimum Gasteiger partial charge on any atom is -0.618 e. The molecular weight excluding hydrogens is 250 g/mol. The van der Waals surface area contributed by atoms with Crippen LogP contribution in [0.2, 0.25) is 0 Å². The van der Waals surface area contributed by atoms with Crippen molar-refractivity contribution in [3.63, 3.8) is 0 Å². The Bertz CT molecular complexity index is 739. The predicted molar refractivity (Wildman–Crippen MR) is 77.3 cm³/mol. The Balaban J connectivity index is 1.97. The summed E-state index contributed by atoms with van der Waals surface area (Å²) in [4.78, 5) is 0. The maximum absolute atomic E-state index is 12.0. The number of benzene rings is 2. The Morgan fingerprint density at radius 2 is 1.90 bits per heavy atom. The van der Waals surface area contributed by atoms with Crippen molar-refractivity contribution in [1.29, 1.82) is 0 Å². The molecule has 0 aliphatic heterocycles. The maximum atomic E-state index is 12.0. The topological polar surface area (TPSA) is 36.2 Å². The van der Waals surface area contributed by atoms with Gasteiger partial charge in [-0.05, 0) is 24.3 Å². The third kappa shape index (κ3) is 2.30. The number of aryl methyl sites for hydroxylation is 1. The molecule has 0 unspecified atom stereocenters. The first-order valence-electron chi connectivity index (χ1n) is 6.45. The van der Waals surface area contributed by atoms with Crippen molar-refractivity contribution >= 4 is 10.9 Å². The van der Waals surface area contributed by atoms with E-state index >= 15 is 0 Å². The van der Waals surface area contributed by atoms with Crippen molar-refractivity contribution in [2.75, 3.05) is 0 Å². The molecule has 0 saturated carbocycles. The summed E-state index contributed by atoms with van der Waals surface area (Å²) in [7, 11) is 0. The Labute approximate surface area is 117 Å². The highest BCUT2D eigenvalue weighted by Crippen LogP contribution is 2.19. The number of aromatic nitrogens is 1. The summed E-state index contributed by atoms with van der Waals surface area (Å²) in [6, 6.07) is 19.8. The molecule has 0 fully saturated rings. The number of hydrogen-bond acceptors (Lipinski definition) is 2. The standard InChI is InChI=1S/C17H14NO2/c1-13-11-14(12-20-15-7-3-2-4-8-15)16-9-5-6-10-17(16)18(13)19/h3-11H,12H2,1H3. The van der Waals surface area contributed by atoms with Gasteiger partial charge in [-0.3, -0.25) is 0 Å². The highest BCUT2D eigenvalue weighted by Gasteiger charge is 2.12. The molecule has 1 radical (unpaired) electrons. The summed E-state index contributed by atoms with van der Waals surface area (Å²) in [5.41, 5.74) is 2.36. The second-order valence-corrected chi connectivity index (χ2v) is 4.65. The minimum absolute atomic E-state index is 0.437. The van der Waals surface area contributed by atoms with Crippen LogP contribution in [0.5, 0.6) is 5.75 Å². The second-order valence-electron chi connectivity index (χ2n) is 4.65. The number of rotatable bonds is 3. The lowest BCUT2D eigenvalue weighted by atomic mass is 10.1. The van der Waals surface area contributed by atoms with Gasteiger partial charge in [-0.2, -0.15) is 4.73 Å². The zero-order valence-electron chi connectivity index (χ0n) is 11.2. The quantitative estimate of drug-likeness (QED) is 0.538. The number of fused-ring (bicyclic) bond motifs is 1. The van der Waals surface area contributed by atoms with Crippen LogP contribution in [0, 0.1) is 18.2 Å². The van der Waals surface area contributed by atoms with Gasteiger partial charge in [0, 0.05) is 24.6 Å². The van der Waals surface area contributed by atoms with E-state index in [0.717, 1.165) is 21.4 Å². The van der Waals surface area contributed by atoms with E-state index in [1.807, 2.05) is 54.6 Å². The minimum atomic E-state index is 0.437. The molecule has 0 spiro atoms. The third-order valence-corrected chi connectivity index (χ3v) is 3.25. The summed E-state index contributed by atoms with van der Waals surface area (Å²) < 4.78 is 6.72. The molecule has 0 bridgehead atoms. The van der Waals surface area contributed by atoms with Crippen LogP contribution in [0.15, 0.2) is 54.6 Å². The summed E-state index contributed by atoms with van der Waals surface area (Å²) in [6.45, 7) is 2.24. The summed E-state index contributed by atoms with van der Waals surface area (Å²) in [6.07, 6.45) is 0. The van der Waals surface area contributed by atoms with E-state index in [4.69, 9.17) is 4.74 Å². The van der Waals surface area contributed by atoms with Crippen LogP contribution in [-0.2, 0) is 6.61 Å². The maximum Gasteiger partial charge on any atom is 0.224 e. The van der Waals surface area contributed by atoms with E-state index in [0.29, 0.717) is 17.8 Å². The van der Waals surface area contributed by atoms with Gasteiger partial charge >= 0.3 is 0 Å². The fraction of sp³-hybridized carbons (Fsp3) is 0.118. The Morgan fingerprint density at radius 3 is 2.70 bits per heavy atom. The lowest BCUT2D eigenvalue weighted by molar-refractivity contribution is -0.584. The molecule has 99 valence electrons. The van der Waals surface area contributed by atoms with Crippen LogP contribution >= 0.6 is 0 Å². The van der Waals surface area contributed by atoms with E-state index in [-0.39, 0.29) is 0 Å². The average molecular weight is 264 g/mol. The zero-order valence-corrected chi connectivity index (χ0v) is 11.2. The highest BCUT2D eigenvalue weighted by molar-refractivity contribution is 5.79. The van der Waals surface area contributed by atoms with E-state index in [1.165, 1.54) is 0 Å². The molecule has 3 heteroatoms. The summed E-state index contributed by atoms with van der Waals surface area (Å²) in [5.74, 6) is 0.796. The van der Waals surface area contributed by atoms with Gasteiger partial charge in [-0.15, -0.1) is 0 Å². The van der Waals surface area contributed by atoms with Gasteiger partial charge in [-0.25, -0.2) is 0 Å². The van der Waals surface area contributed by atoms with Crippen LogP contribution < -0.4 is 9.47 Å². The lowest BCUT2D eigenvalue weighted by Crippen LogP contribution is -2.31. The van der Waals surface area contributed by atoms with Crippen LogP contribution in [0.25, 0.3) is 10.9 Å². The molecule has 0 aliphatic carbocycles. The Morgan fingerprint density at radius 1 is 1.15 bits per heavy atom. The average Bonchev–Trinajstić information content (AvgIpc) is 2.50. The first-order valence-corrected chi connectivity index (χ1v) is 6.45. The van der Waals surface area contributed by atoms with Gasteiger partial charge < -0.3 is 9.94 Å². The van der Waals surface area contributed by atoms with E-state index in [1.54, 1.807) is 6.92 Å². The Kier molecular flexibility index (Phi) is 3.25. The largest absolute Gasteiger partial charge is 0.618 e. The Hall–Kier alpha value is -2.55. The molecule has 0 N–H and O–H groups in total. The first-order chi connectivity index (χ1) is 9.75. The van der Waals surface area contributed by atoms with Gasteiger partial charge in [0.1, 0.15) is 12.4 Å². The molecule has 0 atom stereocenters. The fourth-order valence-corrected chi connectivity index (χ4v) is 2.25. The van der Waals surface area contributed by atoms with Crippen molar-refractivity contribution < 1.29 is 9.47 Å². The third-order valence-electron chi connectivity index (χ3n) is 3.25. The van der Waals surface area contributed by atoms with Crippen molar-refractivity contribution in [1.82, 2.24) is 0 Å². The molecular formula is C17H14NO2. The molecule has 3 rings (SSSR count). The van der Waals surface area contributed by atoms with Gasteiger partial charge in [-0.1, -0.05) is 24.3 Å². The normalized spacial score (nSPS) is 10.7. The van der Waals surface area contributed by atoms with Crippen LogP contribution in [0.4, 0.5) is 0 Å². The number of ether oxygens (including phenoxy) is 1. The lowest BCUT2D eigenvalue weighted by Gasteiger charge is -2.11. The monoisotopic (exact) mass is 264 g/mol. The molecule has 3 aromatic rings. The molecule has 0 amide bonds. The van der Waals surface area contributed by atoms with Crippen molar-refractivity contribution in [2.45, 2.75) is 13.5 Å². The van der Waals surface area contributed by atoms with Gasteiger partial charge in [0.05, 0.1) is 5.39 Å². The van der Waals surface area contributed by atoms with E-state index in [9.17, 15) is 5.21 Å². The van der Waals surface area contributed by atoms with E-state index < -0.39 is 0 Å². The molecule has 2 aromatic carbocycles. The zero-order chi connectivity index (χ0) is 13.9. The van der Waals surface area contributed by atoms with Crippen LogP contribution in [0.1, 0.15) is 11.3 Å². The van der Waals surface area contributed by atoms with Crippen LogP contribution in [-0.4, -0.2) is 0 Å². The SMILES string of the molecule is Cc1cc(COc2cc[c]cc2)c2ccccc2[n+]1[O-]. The molecule has 1 heterocycles. The van der Waals surface area contributed by atoms with Gasteiger partial charge in [0.2, 0.25) is 5.52 Å². The molecule has 0 aliphatic rings. The predicted octanol–water partition coefficient (Wildman–Crippen LogP) is 3.16. The summed E-state index contributed by atoms with van der Waals surface area (Å²) in [5, 5.41) is 13.0. The first kappa shape index (κ1) is 12.5. The number of para-hydroxylation sites is 1. The molecule has 20 heavy (non-hydrogen) atoms. The number of nitrogens with zero attached hydrogens (tertiary/aromatic N) is 1. The smallest absolute Gasteiger partial charge is 0.224 e. The second kappa shape index (κ2) is 5.21.